The maximum atomic E-state index is 14.4. The molecule has 14 rings (SSSR count). The highest BCUT2D eigenvalue weighted by molar-refractivity contribution is 5.97. The van der Waals surface area contributed by atoms with Crippen molar-refractivity contribution >= 4 is 35.8 Å². The van der Waals surface area contributed by atoms with Gasteiger partial charge in [-0.1, -0.05) is 44.2 Å². The molecular formula is C62H67N3O20. The van der Waals surface area contributed by atoms with E-state index in [-0.39, 0.29) is 25.2 Å². The number of ether oxygens (including phenoxy) is 10. The van der Waals surface area contributed by atoms with Gasteiger partial charge in [0.1, 0.15) is 71.9 Å². The van der Waals surface area contributed by atoms with Gasteiger partial charge in [0.15, 0.2) is 11.2 Å². The lowest BCUT2D eigenvalue weighted by molar-refractivity contribution is -0.301. The predicted octanol–water partition coefficient (Wildman–Crippen LogP) is 4.71. The lowest BCUT2D eigenvalue weighted by atomic mass is 9.40. The summed E-state index contributed by atoms with van der Waals surface area (Å²) in [7, 11) is 0. The molecule has 4 aromatic rings. The second-order valence-electron chi connectivity index (χ2n) is 26.0. The van der Waals surface area contributed by atoms with E-state index in [4.69, 9.17) is 47.4 Å². The quantitative estimate of drug-likeness (QED) is 0.0646. The first-order valence-electron chi connectivity index (χ1n) is 29.2. The molecule has 0 radical (unpaired) electrons. The lowest BCUT2D eigenvalue weighted by Gasteiger charge is -2.67. The first-order chi connectivity index (χ1) is 40.3. The molecule has 23 nitrogen and oxygen atoms in total. The van der Waals surface area contributed by atoms with Crippen LogP contribution in [0.3, 0.4) is 0 Å². The third-order valence-electron chi connectivity index (χ3n) is 21.8. The van der Waals surface area contributed by atoms with Crippen molar-refractivity contribution in [3.8, 4) is 23.0 Å². The van der Waals surface area contributed by atoms with Gasteiger partial charge in [0.25, 0.3) is 0 Å². The van der Waals surface area contributed by atoms with Crippen LogP contribution in [0, 0.1) is 57.7 Å². The van der Waals surface area contributed by atoms with Crippen LogP contribution < -0.4 is 9.47 Å². The van der Waals surface area contributed by atoms with E-state index < -0.39 is 165 Å². The molecule has 3 saturated heterocycles. The Morgan fingerprint density at radius 3 is 2.21 bits per heavy atom. The first-order valence-corrected chi connectivity index (χ1v) is 29.2. The van der Waals surface area contributed by atoms with Crippen molar-refractivity contribution in [1.29, 1.82) is 0 Å². The number of aromatic nitrogens is 3. The molecule has 5 aliphatic carbocycles. The molecule has 85 heavy (non-hydrogen) atoms. The van der Waals surface area contributed by atoms with E-state index in [1.807, 2.05) is 32.9 Å². The number of fused-ring (bicyclic) bond motifs is 15. The summed E-state index contributed by atoms with van der Waals surface area (Å²) in [4.78, 5) is 81.5. The standard InChI is InChI=1S/C62H67N3O20/c1-26-43-46(59(7)60(8,75)56(74)85-62(59)52(26)83-62)48(72)44-42-45(51(77-27(2)66)54(58(43,44)6)79-29(4)68)57(5)37(23-40-50(81-40)53(57)78-28(3)67)49(47(42)71)82-41(70)15-11-12-20-65-24-30(63-64-65)25-76-32-17-19-36-39(22-32)80-38-21-31(69)16-18-35(38)61(36)34-14-10-9-13-33(34)55(73)84-61/h9-10,13-14,16-19,21-22,24,26,37,40,42-54,69,71-72,75H,11-12,15,20,23,25H2,1-8H3/t26-,37+,40-,42-,43-,44+,45+,46-,47+,48+,49-,50-,51-,52+,53-,54-,57-,58+,59-,60+,61?,62-/m0/s1. The molecule has 8 fully saturated rings. The second kappa shape index (κ2) is 18.7. The summed E-state index contributed by atoms with van der Waals surface area (Å²) in [5, 5.41) is 57.9. The summed E-state index contributed by atoms with van der Waals surface area (Å²) >= 11 is 0. The zero-order valence-electron chi connectivity index (χ0n) is 48.0. The van der Waals surface area contributed by atoms with Crippen molar-refractivity contribution in [2.24, 2.45) is 57.7 Å². The van der Waals surface area contributed by atoms with E-state index in [0.29, 0.717) is 64.6 Å². The number of carbonyl (C=O) groups is 6. The Kier molecular flexibility index (Phi) is 12.2. The van der Waals surface area contributed by atoms with Crippen molar-refractivity contribution in [3.63, 3.8) is 0 Å². The third-order valence-corrected chi connectivity index (χ3v) is 21.8. The summed E-state index contributed by atoms with van der Waals surface area (Å²) in [6.07, 6.45) is -7.22. The number of rotatable bonds is 12. The van der Waals surface area contributed by atoms with Crippen LogP contribution in [0.25, 0.3) is 0 Å². The number of unbranched alkanes of at least 4 members (excludes halogenated alkanes) is 1. The summed E-state index contributed by atoms with van der Waals surface area (Å²) < 4.78 is 64.2. The van der Waals surface area contributed by atoms with Crippen molar-refractivity contribution in [2.75, 3.05) is 0 Å². The van der Waals surface area contributed by atoms with Crippen LogP contribution in [0.1, 0.15) is 114 Å². The molecule has 2 spiro atoms. The molecule has 5 saturated carbocycles. The van der Waals surface area contributed by atoms with Gasteiger partial charge in [-0.2, -0.15) is 0 Å². The van der Waals surface area contributed by atoms with Crippen LogP contribution >= 0.6 is 0 Å². The number of phenolic OH excluding ortho intramolecular Hbond substituents is 1. The van der Waals surface area contributed by atoms with Gasteiger partial charge in [0.2, 0.25) is 5.79 Å². The minimum atomic E-state index is -2.19. The molecule has 0 bridgehead atoms. The van der Waals surface area contributed by atoms with Crippen molar-refractivity contribution < 1.29 is 96.6 Å². The minimum absolute atomic E-state index is 0.0232. The molecule has 6 heterocycles. The molecule has 1 unspecified atom stereocenters. The monoisotopic (exact) mass is 1170 g/mol. The number of esters is 6. The number of hydrogen-bond donors (Lipinski definition) is 4. The highest BCUT2D eigenvalue weighted by Gasteiger charge is 2.93. The van der Waals surface area contributed by atoms with E-state index in [2.05, 4.69) is 10.3 Å². The smallest absolute Gasteiger partial charge is 0.341 e. The fourth-order valence-electron chi connectivity index (χ4n) is 18.4. The molecule has 5 aliphatic heterocycles. The van der Waals surface area contributed by atoms with Crippen LogP contribution in [0.15, 0.2) is 66.9 Å². The Morgan fingerprint density at radius 2 is 1.47 bits per heavy atom. The number of phenols is 1. The molecule has 4 N–H and O–H groups in total. The van der Waals surface area contributed by atoms with Gasteiger partial charge in [-0.25, -0.2) is 9.59 Å². The van der Waals surface area contributed by atoms with Crippen LogP contribution in [-0.4, -0.2) is 138 Å². The number of benzene rings is 3. The van der Waals surface area contributed by atoms with Crippen LogP contribution in [0.5, 0.6) is 23.0 Å². The van der Waals surface area contributed by atoms with Gasteiger partial charge in [-0.15, -0.1) is 5.10 Å². The number of aliphatic hydroxyl groups excluding tert-OH is 2. The van der Waals surface area contributed by atoms with Crippen LogP contribution in [-0.2, 0) is 80.6 Å². The van der Waals surface area contributed by atoms with Gasteiger partial charge < -0.3 is 67.8 Å². The van der Waals surface area contributed by atoms with Crippen molar-refractivity contribution in [3.05, 3.63) is 94.8 Å². The number of nitrogens with zero attached hydrogens (tertiary/aromatic N) is 3. The second-order valence-corrected chi connectivity index (χ2v) is 26.0. The number of aromatic hydroxyl groups is 1. The molecule has 3 aromatic carbocycles. The zero-order valence-corrected chi connectivity index (χ0v) is 48.0. The Hall–Kier alpha value is -7.18. The number of hydrogen-bond acceptors (Lipinski definition) is 22. The normalized spacial score (nSPS) is 42.1. The van der Waals surface area contributed by atoms with E-state index in [1.54, 1.807) is 54.2 Å². The first kappa shape index (κ1) is 55.7. The maximum Gasteiger partial charge on any atom is 0.341 e. The fraction of sp³-hybridized carbons (Fsp3) is 0.581. The molecular weight excluding hydrogens is 1110 g/mol. The number of epoxide rings is 2. The maximum absolute atomic E-state index is 14.4. The highest BCUT2D eigenvalue weighted by atomic mass is 16.8. The van der Waals surface area contributed by atoms with Gasteiger partial charge in [-0.05, 0) is 75.3 Å². The van der Waals surface area contributed by atoms with Gasteiger partial charge in [0, 0.05) is 103 Å². The summed E-state index contributed by atoms with van der Waals surface area (Å²) in [6.45, 7) is 12.6. The van der Waals surface area contributed by atoms with Crippen LogP contribution in [0.4, 0.5) is 0 Å². The molecule has 0 amide bonds. The Labute approximate surface area is 487 Å². The zero-order chi connectivity index (χ0) is 60.0. The van der Waals surface area contributed by atoms with E-state index in [9.17, 15) is 49.2 Å². The molecule has 23 heteroatoms. The average Bonchev–Trinajstić information content (AvgIpc) is 1.47. The SMILES string of the molecule is CC(=O)O[C@H]1[C@H]2[C@@H]([C@@H](O)[C@@H](OC(=O)CCCCn3cc(COc4ccc5c(c4)Oc4cc(O)ccc4C54OC(=O)c5ccccc54)nn3)[C@H]3C[C@@H]4O[C@@H]4[C@H](OC(C)=O)[C@]23C)[C@@H]2[C@@H](O)[C@@H]3[C@H]([C@H](C)[C@H]4O[C@]45OC(=O)[C@@](C)(O)[C@]35C)[C@@]2(C)[C@H]1OC(C)=O. The predicted molar refractivity (Wildman–Crippen MR) is 285 cm³/mol. The summed E-state index contributed by atoms with van der Waals surface area (Å²) in [5.41, 5.74) is -5.15. The minimum Gasteiger partial charge on any atom is -0.508 e. The Balaban J connectivity index is 0.708. The molecule has 22 atom stereocenters. The number of aryl methyl sites for hydroxylation is 1. The van der Waals surface area contributed by atoms with Crippen molar-refractivity contribution in [1.82, 2.24) is 15.0 Å². The number of aliphatic hydroxyl groups is 3. The average molecular weight is 1170 g/mol. The highest BCUT2D eigenvalue weighted by Crippen LogP contribution is 2.81. The Morgan fingerprint density at radius 1 is 0.765 bits per heavy atom. The topological polar surface area (TPSA) is 313 Å². The van der Waals surface area contributed by atoms with Gasteiger partial charge in [0.05, 0.1) is 35.5 Å². The van der Waals surface area contributed by atoms with E-state index in [1.165, 1.54) is 39.8 Å². The Bertz CT molecular complexity index is 3530. The van der Waals surface area contributed by atoms with E-state index >= 15 is 0 Å². The molecule has 1 aromatic heterocycles. The third kappa shape index (κ3) is 7.48. The van der Waals surface area contributed by atoms with Crippen LogP contribution in [0.2, 0.25) is 0 Å². The van der Waals surface area contributed by atoms with E-state index in [0.717, 1.165) is 0 Å². The lowest BCUT2D eigenvalue weighted by Crippen LogP contribution is -2.75. The molecule has 10 aliphatic rings. The molecule has 450 valence electrons. The van der Waals surface area contributed by atoms with Gasteiger partial charge >= 0.3 is 35.8 Å². The van der Waals surface area contributed by atoms with Gasteiger partial charge in [-0.3, -0.25) is 23.9 Å². The largest absolute Gasteiger partial charge is 0.508 e. The fourth-order valence-corrected chi connectivity index (χ4v) is 18.4. The summed E-state index contributed by atoms with van der Waals surface area (Å²) in [5.74, 6) is -11.0. The number of carbonyl (C=O) groups excluding carboxylic acids is 6. The summed E-state index contributed by atoms with van der Waals surface area (Å²) in [6, 6.07) is 17.0. The van der Waals surface area contributed by atoms with Crippen molar-refractivity contribution in [2.45, 2.75) is 166 Å².